The molecular formula is C22H25N3O4. The zero-order valence-corrected chi connectivity index (χ0v) is 16.5. The zero-order valence-electron chi connectivity index (χ0n) is 16.5. The van der Waals surface area contributed by atoms with Crippen LogP contribution in [0.3, 0.4) is 0 Å². The molecule has 0 atom stereocenters. The Bertz CT molecular complexity index is 963. The Balaban J connectivity index is 1.22. The molecule has 2 heterocycles. The lowest BCUT2D eigenvalue weighted by molar-refractivity contribution is -0.132. The predicted molar refractivity (Wildman–Crippen MR) is 109 cm³/mol. The maximum Gasteiger partial charge on any atom is 0.228 e. The van der Waals surface area contributed by atoms with Gasteiger partial charge in [-0.2, -0.15) is 0 Å². The number of rotatable bonds is 7. The first-order chi connectivity index (χ1) is 14.2. The summed E-state index contributed by atoms with van der Waals surface area (Å²) in [6.07, 6.45) is 0.274. The van der Waals surface area contributed by atoms with Gasteiger partial charge in [0.05, 0.1) is 13.5 Å². The highest BCUT2D eigenvalue weighted by Gasteiger charge is 2.22. The molecular weight excluding hydrogens is 370 g/mol. The van der Waals surface area contributed by atoms with Gasteiger partial charge in [-0.25, -0.2) is 0 Å². The van der Waals surface area contributed by atoms with E-state index in [1.165, 1.54) is 0 Å². The topological polar surface area (TPSA) is 68.0 Å². The van der Waals surface area contributed by atoms with Gasteiger partial charge < -0.3 is 18.9 Å². The van der Waals surface area contributed by atoms with Gasteiger partial charge in [0, 0.05) is 44.2 Å². The lowest BCUT2D eigenvalue weighted by atomic mass is 10.1. The fraction of sp³-hybridized carbons (Fsp3) is 0.364. The minimum absolute atomic E-state index is 0.0938. The third kappa shape index (κ3) is 4.68. The highest BCUT2D eigenvalue weighted by molar-refractivity contribution is 5.86. The van der Waals surface area contributed by atoms with E-state index in [-0.39, 0.29) is 12.3 Å². The summed E-state index contributed by atoms with van der Waals surface area (Å²) in [6, 6.07) is 15.2. The second kappa shape index (κ2) is 8.96. The molecule has 0 bridgehead atoms. The number of para-hydroxylation sites is 1. The number of aromatic nitrogens is 1. The van der Waals surface area contributed by atoms with Crippen LogP contribution in [-0.4, -0.2) is 67.3 Å². The third-order valence-electron chi connectivity index (χ3n) is 5.21. The van der Waals surface area contributed by atoms with Crippen LogP contribution in [-0.2, 0) is 11.2 Å². The fourth-order valence-corrected chi connectivity index (χ4v) is 3.53. The molecule has 29 heavy (non-hydrogen) atoms. The van der Waals surface area contributed by atoms with E-state index in [1.54, 1.807) is 7.11 Å². The highest BCUT2D eigenvalue weighted by atomic mass is 16.5. The van der Waals surface area contributed by atoms with Gasteiger partial charge in [0.1, 0.15) is 23.8 Å². The summed E-state index contributed by atoms with van der Waals surface area (Å²) in [5, 5.41) is 4.98. The third-order valence-corrected chi connectivity index (χ3v) is 5.21. The van der Waals surface area contributed by atoms with Crippen molar-refractivity contribution in [1.82, 2.24) is 15.0 Å². The predicted octanol–water partition coefficient (Wildman–Crippen LogP) is 2.60. The number of piperazine rings is 1. The average molecular weight is 395 g/mol. The standard InChI is InChI=1S/C22H25N3O4/c1-27-17-5-4-6-18(15-17)28-14-13-24-9-11-25(12-10-24)22(26)16-20-19-7-2-3-8-21(19)29-23-20/h2-8,15H,9-14,16H2,1H3. The minimum atomic E-state index is 0.0938. The summed E-state index contributed by atoms with van der Waals surface area (Å²) in [6.45, 7) is 4.54. The Kier molecular flexibility index (Phi) is 5.95. The van der Waals surface area contributed by atoms with Crippen molar-refractivity contribution in [1.29, 1.82) is 0 Å². The molecule has 1 saturated heterocycles. The Morgan fingerprint density at radius 2 is 1.86 bits per heavy atom. The van der Waals surface area contributed by atoms with Crippen LogP contribution in [0.1, 0.15) is 5.69 Å². The van der Waals surface area contributed by atoms with Gasteiger partial charge in [0.2, 0.25) is 5.91 Å². The lowest BCUT2D eigenvalue weighted by Crippen LogP contribution is -2.50. The van der Waals surface area contributed by atoms with Crippen LogP contribution in [0.25, 0.3) is 11.0 Å². The number of carbonyl (C=O) groups is 1. The van der Waals surface area contributed by atoms with Crippen molar-refractivity contribution in [2.45, 2.75) is 6.42 Å². The monoisotopic (exact) mass is 395 g/mol. The van der Waals surface area contributed by atoms with Crippen molar-refractivity contribution in [2.24, 2.45) is 0 Å². The average Bonchev–Trinajstić information content (AvgIpc) is 3.17. The largest absolute Gasteiger partial charge is 0.497 e. The van der Waals surface area contributed by atoms with Crippen LogP contribution >= 0.6 is 0 Å². The van der Waals surface area contributed by atoms with Crippen LogP contribution in [0.15, 0.2) is 53.1 Å². The maximum atomic E-state index is 12.7. The molecule has 0 N–H and O–H groups in total. The van der Waals surface area contributed by atoms with Gasteiger partial charge in [0.25, 0.3) is 0 Å². The molecule has 0 spiro atoms. The molecule has 2 aromatic carbocycles. The van der Waals surface area contributed by atoms with E-state index in [1.807, 2.05) is 53.4 Å². The second-order valence-electron chi connectivity index (χ2n) is 7.05. The van der Waals surface area contributed by atoms with E-state index in [0.29, 0.717) is 25.4 Å². The summed E-state index contributed by atoms with van der Waals surface area (Å²) in [7, 11) is 1.64. The zero-order chi connectivity index (χ0) is 20.1. The molecule has 7 heteroatoms. The van der Waals surface area contributed by atoms with Crippen molar-refractivity contribution >= 4 is 16.9 Å². The molecule has 1 amide bonds. The second-order valence-corrected chi connectivity index (χ2v) is 7.05. The SMILES string of the molecule is COc1cccc(OCCN2CCN(C(=O)Cc3noc4ccccc34)CC2)c1. The summed E-state index contributed by atoms with van der Waals surface area (Å²) in [5.41, 5.74) is 1.43. The van der Waals surface area contributed by atoms with Crippen LogP contribution in [0.5, 0.6) is 11.5 Å². The lowest BCUT2D eigenvalue weighted by Gasteiger charge is -2.34. The van der Waals surface area contributed by atoms with Crippen molar-refractivity contribution in [3.8, 4) is 11.5 Å². The van der Waals surface area contributed by atoms with Crippen LogP contribution < -0.4 is 9.47 Å². The molecule has 0 unspecified atom stereocenters. The fourth-order valence-electron chi connectivity index (χ4n) is 3.53. The summed E-state index contributed by atoms with van der Waals surface area (Å²) < 4.78 is 16.3. The van der Waals surface area contributed by atoms with Gasteiger partial charge in [-0.15, -0.1) is 0 Å². The Hall–Kier alpha value is -3.06. The van der Waals surface area contributed by atoms with Crippen molar-refractivity contribution < 1.29 is 18.8 Å². The number of nitrogens with zero attached hydrogens (tertiary/aromatic N) is 3. The number of benzene rings is 2. The van der Waals surface area contributed by atoms with Crippen LogP contribution in [0.4, 0.5) is 0 Å². The summed E-state index contributed by atoms with van der Waals surface area (Å²) in [4.78, 5) is 16.9. The molecule has 3 aromatic rings. The maximum absolute atomic E-state index is 12.7. The molecule has 0 saturated carbocycles. The van der Waals surface area contributed by atoms with Gasteiger partial charge in [-0.1, -0.05) is 23.4 Å². The van der Waals surface area contributed by atoms with E-state index in [4.69, 9.17) is 14.0 Å². The van der Waals surface area contributed by atoms with Crippen molar-refractivity contribution in [3.05, 3.63) is 54.2 Å². The minimum Gasteiger partial charge on any atom is -0.497 e. The van der Waals surface area contributed by atoms with E-state index >= 15 is 0 Å². The van der Waals surface area contributed by atoms with Crippen molar-refractivity contribution in [3.63, 3.8) is 0 Å². The number of methoxy groups -OCH3 is 1. The first kappa shape index (κ1) is 19.3. The Labute approximate surface area is 169 Å². The Morgan fingerprint density at radius 1 is 1.07 bits per heavy atom. The number of hydrogen-bond acceptors (Lipinski definition) is 6. The van der Waals surface area contributed by atoms with Gasteiger partial charge in [-0.05, 0) is 24.3 Å². The molecule has 152 valence electrons. The Morgan fingerprint density at radius 3 is 2.69 bits per heavy atom. The van der Waals surface area contributed by atoms with E-state index in [2.05, 4.69) is 10.1 Å². The van der Waals surface area contributed by atoms with Crippen LogP contribution in [0.2, 0.25) is 0 Å². The molecule has 7 nitrogen and oxygen atoms in total. The first-order valence-electron chi connectivity index (χ1n) is 9.83. The van der Waals surface area contributed by atoms with E-state index < -0.39 is 0 Å². The number of carbonyl (C=O) groups excluding carboxylic acids is 1. The molecule has 1 fully saturated rings. The normalized spacial score (nSPS) is 14.9. The molecule has 0 aliphatic carbocycles. The van der Waals surface area contributed by atoms with Gasteiger partial charge >= 0.3 is 0 Å². The summed E-state index contributed by atoms with van der Waals surface area (Å²) in [5.74, 6) is 1.68. The van der Waals surface area contributed by atoms with E-state index in [9.17, 15) is 4.79 Å². The number of fused-ring (bicyclic) bond motifs is 1. The van der Waals surface area contributed by atoms with Crippen molar-refractivity contribution in [2.75, 3.05) is 46.4 Å². The number of amides is 1. The first-order valence-corrected chi connectivity index (χ1v) is 9.83. The quantitative estimate of drug-likeness (QED) is 0.613. The smallest absolute Gasteiger partial charge is 0.228 e. The highest BCUT2D eigenvalue weighted by Crippen LogP contribution is 2.20. The van der Waals surface area contributed by atoms with Gasteiger partial charge in [-0.3, -0.25) is 9.69 Å². The summed E-state index contributed by atoms with van der Waals surface area (Å²) >= 11 is 0. The number of hydrogen-bond donors (Lipinski definition) is 0. The molecule has 0 radical (unpaired) electrons. The number of ether oxygens (including phenoxy) is 2. The molecule has 1 aliphatic heterocycles. The van der Waals surface area contributed by atoms with E-state index in [0.717, 1.165) is 42.1 Å². The molecule has 1 aliphatic rings. The van der Waals surface area contributed by atoms with Gasteiger partial charge in [0.15, 0.2) is 5.58 Å². The van der Waals surface area contributed by atoms with Crippen LogP contribution in [0, 0.1) is 0 Å². The molecule has 1 aromatic heterocycles. The molecule has 4 rings (SSSR count).